The van der Waals surface area contributed by atoms with Gasteiger partial charge in [0.1, 0.15) is 0 Å². The van der Waals surface area contributed by atoms with Crippen molar-refractivity contribution in [3.05, 3.63) is 36.5 Å². The van der Waals surface area contributed by atoms with E-state index in [2.05, 4.69) is 55.6 Å². The van der Waals surface area contributed by atoms with E-state index in [0.29, 0.717) is 25.9 Å². The summed E-state index contributed by atoms with van der Waals surface area (Å²) in [7, 11) is 0. The molecule has 2 unspecified atom stereocenters. The lowest BCUT2D eigenvalue weighted by Gasteiger charge is -2.22. The molecule has 0 fully saturated rings. The highest BCUT2D eigenvalue weighted by atomic mass is 16.5. The zero-order valence-electron chi connectivity index (χ0n) is 53.4. The van der Waals surface area contributed by atoms with Crippen LogP contribution in [-0.2, 0) is 14.3 Å². The lowest BCUT2D eigenvalue weighted by molar-refractivity contribution is -0.143. The SMILES string of the molecule is CCCCCCCC/C=C\CCCCCCCC(=O)OCCCCCCCCCCC/C=C\C/C=C\CCCCCCCCCCCCCC(=O)NC(CO)C(O)CCCCCCCCCCCCCCCCCCCCCC. The number of hydrogen-bond acceptors (Lipinski definition) is 5. The molecule has 0 aromatic heterocycles. The van der Waals surface area contributed by atoms with Gasteiger partial charge in [-0.15, -0.1) is 0 Å². The fraction of sp³-hybridized carbons (Fsp3) is 0.890. The second kappa shape index (κ2) is 68.6. The molecule has 0 aromatic rings. The van der Waals surface area contributed by atoms with Crippen molar-refractivity contribution in [1.29, 1.82) is 0 Å². The number of unbranched alkanes of at least 4 members (excludes halogenated alkanes) is 50. The molecule has 2 atom stereocenters. The zero-order valence-corrected chi connectivity index (χ0v) is 53.4. The van der Waals surface area contributed by atoms with Gasteiger partial charge in [0.2, 0.25) is 5.91 Å². The number of carbonyl (C=O) groups excluding carboxylic acids is 2. The number of esters is 1. The topological polar surface area (TPSA) is 95.9 Å². The summed E-state index contributed by atoms with van der Waals surface area (Å²) in [5, 5.41) is 23.4. The Morgan fingerprint density at radius 2 is 0.633 bits per heavy atom. The van der Waals surface area contributed by atoms with Crippen LogP contribution in [0.25, 0.3) is 0 Å². The van der Waals surface area contributed by atoms with Gasteiger partial charge in [-0.1, -0.05) is 333 Å². The van der Waals surface area contributed by atoms with Gasteiger partial charge in [-0.05, 0) is 83.5 Å². The molecular weight excluding hydrogens is 971 g/mol. The Balaban J connectivity index is 3.42. The molecule has 0 aromatic carbocycles. The average Bonchev–Trinajstić information content (AvgIpc) is 3.45. The van der Waals surface area contributed by atoms with Gasteiger partial charge < -0.3 is 20.3 Å². The van der Waals surface area contributed by atoms with E-state index in [1.54, 1.807) is 0 Å². The smallest absolute Gasteiger partial charge is 0.305 e. The van der Waals surface area contributed by atoms with Gasteiger partial charge in [0, 0.05) is 12.8 Å². The fourth-order valence-electron chi connectivity index (χ4n) is 11.2. The predicted molar refractivity (Wildman–Crippen MR) is 347 cm³/mol. The first kappa shape index (κ1) is 77.1. The Hall–Kier alpha value is -1.92. The molecule has 0 radical (unpaired) electrons. The molecule has 0 rings (SSSR count). The summed E-state index contributed by atoms with van der Waals surface area (Å²) < 4.78 is 5.48. The van der Waals surface area contributed by atoms with Crippen LogP contribution < -0.4 is 5.32 Å². The monoisotopic (exact) mass is 1110 g/mol. The maximum Gasteiger partial charge on any atom is 0.305 e. The van der Waals surface area contributed by atoms with Crippen LogP contribution in [0.2, 0.25) is 0 Å². The minimum absolute atomic E-state index is 0.00324. The first-order chi connectivity index (χ1) is 39.0. The second-order valence-corrected chi connectivity index (χ2v) is 24.6. The molecule has 0 aliphatic heterocycles. The third-order valence-electron chi connectivity index (χ3n) is 16.7. The molecular formula is C73H139NO5. The Morgan fingerprint density at radius 3 is 0.975 bits per heavy atom. The first-order valence-electron chi connectivity index (χ1n) is 35.7. The van der Waals surface area contributed by atoms with E-state index in [9.17, 15) is 19.8 Å². The molecule has 0 aliphatic carbocycles. The van der Waals surface area contributed by atoms with Crippen molar-refractivity contribution in [2.24, 2.45) is 0 Å². The highest BCUT2D eigenvalue weighted by Gasteiger charge is 2.20. The Bertz CT molecular complexity index is 1280. The third kappa shape index (κ3) is 65.1. The molecule has 0 spiro atoms. The number of carbonyl (C=O) groups is 2. The quantitative estimate of drug-likeness (QED) is 0.0320. The Morgan fingerprint density at radius 1 is 0.354 bits per heavy atom. The van der Waals surface area contributed by atoms with Crippen molar-refractivity contribution < 1.29 is 24.5 Å². The molecule has 1 amide bonds. The minimum Gasteiger partial charge on any atom is -0.466 e. The van der Waals surface area contributed by atoms with Gasteiger partial charge in [-0.25, -0.2) is 0 Å². The van der Waals surface area contributed by atoms with Crippen molar-refractivity contribution in [3.8, 4) is 0 Å². The summed E-state index contributed by atoms with van der Waals surface area (Å²) in [6, 6.07) is -0.545. The third-order valence-corrected chi connectivity index (χ3v) is 16.7. The number of allylic oxidation sites excluding steroid dienone is 6. The van der Waals surface area contributed by atoms with Crippen LogP contribution in [-0.4, -0.2) is 47.4 Å². The number of hydrogen-bond donors (Lipinski definition) is 3. The number of nitrogens with one attached hydrogen (secondary N) is 1. The van der Waals surface area contributed by atoms with E-state index in [4.69, 9.17) is 4.74 Å². The average molecular weight is 1110 g/mol. The molecule has 6 heteroatoms. The maximum absolute atomic E-state index is 12.5. The van der Waals surface area contributed by atoms with Gasteiger partial charge in [-0.2, -0.15) is 0 Å². The minimum atomic E-state index is -0.668. The van der Waals surface area contributed by atoms with Gasteiger partial charge in [-0.3, -0.25) is 9.59 Å². The van der Waals surface area contributed by atoms with Crippen LogP contribution in [0.1, 0.15) is 393 Å². The molecule has 0 saturated carbocycles. The number of rotatable bonds is 67. The highest BCUT2D eigenvalue weighted by Crippen LogP contribution is 2.18. The summed E-state index contributed by atoms with van der Waals surface area (Å²) in [4.78, 5) is 24.6. The second-order valence-electron chi connectivity index (χ2n) is 24.6. The summed E-state index contributed by atoms with van der Waals surface area (Å²) in [5.41, 5.74) is 0. The normalized spacial score (nSPS) is 12.7. The molecule has 466 valence electrons. The molecule has 0 bridgehead atoms. The van der Waals surface area contributed by atoms with Crippen molar-refractivity contribution in [3.63, 3.8) is 0 Å². The molecule has 3 N–H and O–H groups in total. The van der Waals surface area contributed by atoms with E-state index in [0.717, 1.165) is 51.4 Å². The Kier molecular flexibility index (Phi) is 66.9. The van der Waals surface area contributed by atoms with Crippen molar-refractivity contribution in [1.82, 2.24) is 5.32 Å². The van der Waals surface area contributed by atoms with Crippen LogP contribution in [0.5, 0.6) is 0 Å². The van der Waals surface area contributed by atoms with Crippen LogP contribution in [0.3, 0.4) is 0 Å². The summed E-state index contributed by atoms with van der Waals surface area (Å²) in [6.07, 6.45) is 87.6. The number of amides is 1. The largest absolute Gasteiger partial charge is 0.466 e. The van der Waals surface area contributed by atoms with Gasteiger partial charge >= 0.3 is 5.97 Å². The van der Waals surface area contributed by atoms with Crippen LogP contribution in [0.4, 0.5) is 0 Å². The number of aliphatic hydroxyl groups is 2. The van der Waals surface area contributed by atoms with Crippen molar-refractivity contribution >= 4 is 11.9 Å². The molecule has 6 nitrogen and oxygen atoms in total. The van der Waals surface area contributed by atoms with Gasteiger partial charge in [0.05, 0.1) is 25.4 Å². The predicted octanol–water partition coefficient (Wildman–Crippen LogP) is 23.1. The Labute approximate surface area is 494 Å². The van der Waals surface area contributed by atoms with E-state index in [1.165, 1.54) is 308 Å². The summed E-state index contributed by atoms with van der Waals surface area (Å²) >= 11 is 0. The number of ether oxygens (including phenoxy) is 1. The summed E-state index contributed by atoms with van der Waals surface area (Å²) in [6.45, 7) is 4.97. The molecule has 0 heterocycles. The van der Waals surface area contributed by atoms with E-state index >= 15 is 0 Å². The van der Waals surface area contributed by atoms with Gasteiger partial charge in [0.25, 0.3) is 0 Å². The standard InChI is InChI=1S/C73H139NO5/c1-3-5-7-9-11-13-15-17-19-20-21-31-34-38-41-45-49-53-57-61-65-71(76)70(69-75)74-72(77)66-62-58-54-50-46-42-39-35-32-29-27-25-23-22-24-26-28-30-33-36-40-44-48-52-56-60-64-68-79-73(78)67-63-59-55-51-47-43-37-18-16-14-12-10-8-6-4-2/h18,22-23,26,28,37,70-71,75-76H,3-17,19-21,24-25,27,29-36,38-69H2,1-2H3,(H,74,77)/b23-22-,28-26-,37-18-. The first-order valence-corrected chi connectivity index (χ1v) is 35.7. The van der Waals surface area contributed by atoms with Crippen molar-refractivity contribution in [2.45, 2.75) is 405 Å². The van der Waals surface area contributed by atoms with Crippen molar-refractivity contribution in [2.75, 3.05) is 13.2 Å². The maximum atomic E-state index is 12.5. The highest BCUT2D eigenvalue weighted by molar-refractivity contribution is 5.76. The van der Waals surface area contributed by atoms with Crippen LogP contribution in [0, 0.1) is 0 Å². The molecule has 79 heavy (non-hydrogen) atoms. The zero-order chi connectivity index (χ0) is 57.1. The lowest BCUT2D eigenvalue weighted by Crippen LogP contribution is -2.45. The van der Waals surface area contributed by atoms with E-state index in [-0.39, 0.29) is 18.5 Å². The lowest BCUT2D eigenvalue weighted by atomic mass is 10.0. The van der Waals surface area contributed by atoms with Crippen LogP contribution >= 0.6 is 0 Å². The van der Waals surface area contributed by atoms with E-state index in [1.807, 2.05) is 0 Å². The van der Waals surface area contributed by atoms with Gasteiger partial charge in [0.15, 0.2) is 0 Å². The fourth-order valence-corrected chi connectivity index (χ4v) is 11.2. The summed E-state index contributed by atoms with van der Waals surface area (Å²) in [5.74, 6) is -0.0312. The number of aliphatic hydroxyl groups excluding tert-OH is 2. The molecule has 0 saturated heterocycles. The van der Waals surface area contributed by atoms with Crippen LogP contribution in [0.15, 0.2) is 36.5 Å². The van der Waals surface area contributed by atoms with E-state index < -0.39 is 12.1 Å². The molecule has 0 aliphatic rings.